The van der Waals surface area contributed by atoms with Crippen molar-refractivity contribution in [2.75, 3.05) is 66.1 Å². The fraction of sp³-hybridized carbons (Fsp3) is 0.447. The average Bonchev–Trinajstić information content (AvgIpc) is 3.76. The van der Waals surface area contributed by atoms with Crippen LogP contribution in [0.1, 0.15) is 48.9 Å². The van der Waals surface area contributed by atoms with E-state index in [-0.39, 0.29) is 11.9 Å². The number of hydrogen-bond donors (Lipinski definition) is 0. The zero-order chi connectivity index (χ0) is 32.7. The number of amides is 1. The van der Waals surface area contributed by atoms with Gasteiger partial charge in [0.25, 0.3) is 5.91 Å². The number of methoxy groups -OCH3 is 1. The van der Waals surface area contributed by atoms with Crippen LogP contribution in [0.25, 0.3) is 20.8 Å². The SMILES string of the molecule is COc1cc2c(cc1OCCCCN1CCN(CCCCOc3cccc(-c4nc5ccccc5s4)c3)CC1)N=CC1CCCN1C2=O. The van der Waals surface area contributed by atoms with Crippen LogP contribution >= 0.6 is 11.3 Å². The van der Waals surface area contributed by atoms with Crippen molar-refractivity contribution in [1.82, 2.24) is 19.7 Å². The second-order valence-electron chi connectivity index (χ2n) is 12.8. The topological polar surface area (TPSA) is 79.7 Å². The van der Waals surface area contributed by atoms with E-state index < -0.39 is 0 Å². The van der Waals surface area contributed by atoms with Crippen molar-refractivity contribution in [3.63, 3.8) is 0 Å². The number of piperazine rings is 1. The lowest BCUT2D eigenvalue weighted by Gasteiger charge is -2.34. The molecule has 2 fully saturated rings. The average molecular weight is 668 g/mol. The van der Waals surface area contributed by atoms with E-state index in [9.17, 15) is 4.79 Å². The molecular weight excluding hydrogens is 623 g/mol. The van der Waals surface area contributed by atoms with Gasteiger partial charge in [0.15, 0.2) is 11.5 Å². The second kappa shape index (κ2) is 15.5. The Morgan fingerprint density at radius 3 is 2.38 bits per heavy atom. The molecule has 252 valence electrons. The molecule has 2 saturated heterocycles. The molecule has 4 aromatic rings. The Balaban J connectivity index is 0.773. The maximum Gasteiger partial charge on any atom is 0.256 e. The summed E-state index contributed by atoms with van der Waals surface area (Å²) < 4.78 is 19.1. The number of nitrogens with zero attached hydrogens (tertiary/aromatic N) is 5. The lowest BCUT2D eigenvalue weighted by Crippen LogP contribution is -2.46. The third-order valence-electron chi connectivity index (χ3n) is 9.56. The molecule has 0 bridgehead atoms. The molecule has 1 atom stereocenters. The number of para-hydroxylation sites is 1. The molecule has 0 aliphatic carbocycles. The highest BCUT2D eigenvalue weighted by molar-refractivity contribution is 7.21. The van der Waals surface area contributed by atoms with Crippen molar-refractivity contribution in [3.8, 4) is 27.8 Å². The van der Waals surface area contributed by atoms with E-state index in [1.807, 2.05) is 29.3 Å². The quantitative estimate of drug-likeness (QED) is 0.135. The Hall–Kier alpha value is -3.99. The van der Waals surface area contributed by atoms with Crippen LogP contribution in [0.15, 0.2) is 65.7 Å². The van der Waals surface area contributed by atoms with E-state index in [1.165, 1.54) is 4.70 Å². The van der Waals surface area contributed by atoms with Gasteiger partial charge in [-0.3, -0.25) is 9.79 Å². The van der Waals surface area contributed by atoms with Crippen molar-refractivity contribution in [2.24, 2.45) is 4.99 Å². The van der Waals surface area contributed by atoms with Crippen molar-refractivity contribution in [2.45, 2.75) is 44.6 Å². The number of thiazole rings is 1. The molecule has 1 unspecified atom stereocenters. The van der Waals surface area contributed by atoms with Crippen molar-refractivity contribution < 1.29 is 19.0 Å². The summed E-state index contributed by atoms with van der Waals surface area (Å²) in [5.74, 6) is 2.18. The number of unbranched alkanes of at least 4 members (excludes halogenated alkanes) is 2. The molecule has 48 heavy (non-hydrogen) atoms. The molecule has 4 heterocycles. The normalized spacial score (nSPS) is 18.1. The predicted molar refractivity (Wildman–Crippen MR) is 193 cm³/mol. The highest BCUT2D eigenvalue weighted by Gasteiger charge is 2.32. The van der Waals surface area contributed by atoms with E-state index in [1.54, 1.807) is 24.5 Å². The summed E-state index contributed by atoms with van der Waals surface area (Å²) in [5, 5.41) is 1.03. The first kappa shape index (κ1) is 32.6. The number of fused-ring (bicyclic) bond motifs is 3. The van der Waals surface area contributed by atoms with Gasteiger partial charge in [-0.25, -0.2) is 4.98 Å². The van der Waals surface area contributed by atoms with Gasteiger partial charge in [0, 0.05) is 50.6 Å². The van der Waals surface area contributed by atoms with Gasteiger partial charge in [-0.15, -0.1) is 11.3 Å². The molecule has 1 amide bonds. The van der Waals surface area contributed by atoms with Gasteiger partial charge >= 0.3 is 0 Å². The molecule has 3 aliphatic heterocycles. The van der Waals surface area contributed by atoms with Gasteiger partial charge in [0.05, 0.1) is 47.8 Å². The van der Waals surface area contributed by atoms with E-state index in [4.69, 9.17) is 19.2 Å². The highest BCUT2D eigenvalue weighted by Crippen LogP contribution is 2.38. The Morgan fingerprint density at radius 1 is 0.833 bits per heavy atom. The molecule has 0 spiro atoms. The van der Waals surface area contributed by atoms with Crippen molar-refractivity contribution in [1.29, 1.82) is 0 Å². The lowest BCUT2D eigenvalue weighted by molar-refractivity contribution is 0.0774. The van der Waals surface area contributed by atoms with Crippen LogP contribution < -0.4 is 14.2 Å². The number of hydrogen-bond acceptors (Lipinski definition) is 9. The van der Waals surface area contributed by atoms with E-state index in [0.29, 0.717) is 29.4 Å². The van der Waals surface area contributed by atoms with Gasteiger partial charge in [-0.1, -0.05) is 24.3 Å². The molecule has 0 saturated carbocycles. The van der Waals surface area contributed by atoms with Crippen molar-refractivity contribution in [3.05, 3.63) is 66.2 Å². The first-order valence-corrected chi connectivity index (χ1v) is 18.2. The van der Waals surface area contributed by atoms with Gasteiger partial charge in [0.2, 0.25) is 0 Å². The van der Waals surface area contributed by atoms with E-state index >= 15 is 0 Å². The fourth-order valence-corrected chi connectivity index (χ4v) is 7.78. The van der Waals surface area contributed by atoms with Crippen LogP contribution in [-0.2, 0) is 0 Å². The number of benzene rings is 3. The van der Waals surface area contributed by atoms with E-state index in [2.05, 4.69) is 51.2 Å². The second-order valence-corrected chi connectivity index (χ2v) is 13.8. The lowest BCUT2D eigenvalue weighted by atomic mass is 10.1. The molecule has 7 rings (SSSR count). The van der Waals surface area contributed by atoms with E-state index in [0.717, 1.165) is 113 Å². The summed E-state index contributed by atoms with van der Waals surface area (Å²) in [6.07, 6.45) is 8.12. The Morgan fingerprint density at radius 2 is 1.60 bits per heavy atom. The number of aromatic nitrogens is 1. The minimum absolute atomic E-state index is 0.0305. The molecule has 0 radical (unpaired) electrons. The molecular formula is C38H45N5O4S. The monoisotopic (exact) mass is 667 g/mol. The number of carbonyl (C=O) groups excluding carboxylic acids is 1. The van der Waals surface area contributed by atoms with Crippen LogP contribution in [0, 0.1) is 0 Å². The third kappa shape index (κ3) is 7.66. The summed E-state index contributed by atoms with van der Waals surface area (Å²) in [6, 6.07) is 20.3. The van der Waals surface area contributed by atoms with Crippen LogP contribution in [0.4, 0.5) is 5.69 Å². The molecule has 1 aromatic heterocycles. The third-order valence-corrected chi connectivity index (χ3v) is 10.6. The van der Waals surface area contributed by atoms with Gasteiger partial charge in [-0.05, 0) is 81.9 Å². The highest BCUT2D eigenvalue weighted by atomic mass is 32.1. The maximum absolute atomic E-state index is 13.1. The number of carbonyl (C=O) groups is 1. The zero-order valence-corrected chi connectivity index (χ0v) is 28.6. The molecule has 9 nitrogen and oxygen atoms in total. The smallest absolute Gasteiger partial charge is 0.256 e. The van der Waals surface area contributed by atoms with Gasteiger partial charge in [-0.2, -0.15) is 0 Å². The Labute approximate surface area is 287 Å². The van der Waals surface area contributed by atoms with Gasteiger partial charge in [0.1, 0.15) is 10.8 Å². The number of aliphatic imine (C=N–C) groups is 1. The summed E-state index contributed by atoms with van der Waals surface area (Å²) in [4.78, 5) is 29.6. The van der Waals surface area contributed by atoms with Crippen LogP contribution in [0.2, 0.25) is 0 Å². The minimum Gasteiger partial charge on any atom is -0.494 e. The zero-order valence-electron chi connectivity index (χ0n) is 27.8. The summed E-state index contributed by atoms with van der Waals surface area (Å²) >= 11 is 1.72. The number of ether oxygens (including phenoxy) is 3. The molecule has 3 aliphatic rings. The van der Waals surface area contributed by atoms with Gasteiger partial charge < -0.3 is 28.9 Å². The first-order chi connectivity index (χ1) is 23.6. The fourth-order valence-electron chi connectivity index (χ4n) is 6.82. The van der Waals surface area contributed by atoms with Crippen LogP contribution in [-0.4, -0.2) is 104 Å². The first-order valence-electron chi connectivity index (χ1n) is 17.4. The summed E-state index contributed by atoms with van der Waals surface area (Å²) in [6.45, 7) is 8.77. The number of rotatable bonds is 14. The summed E-state index contributed by atoms with van der Waals surface area (Å²) in [7, 11) is 1.62. The van der Waals surface area contributed by atoms with Crippen LogP contribution in [0.5, 0.6) is 17.2 Å². The van der Waals surface area contributed by atoms with Crippen LogP contribution in [0.3, 0.4) is 0 Å². The minimum atomic E-state index is 0.0305. The van der Waals surface area contributed by atoms with Crippen molar-refractivity contribution >= 4 is 39.4 Å². The maximum atomic E-state index is 13.1. The predicted octanol–water partition coefficient (Wildman–Crippen LogP) is 6.93. The molecule has 3 aromatic carbocycles. The molecule has 0 N–H and O–H groups in total. The Kier molecular flexibility index (Phi) is 10.5. The Bertz CT molecular complexity index is 1700. The largest absolute Gasteiger partial charge is 0.494 e. The molecule has 10 heteroatoms. The standard InChI is InChI=1S/C38H45N5O4S/c1-45-34-25-31-33(39-27-29-11-9-17-43(29)38(31)44)26-35(34)47-23-7-5-16-42-20-18-41(19-21-42)15-4-6-22-46-30-12-8-10-28(24-30)37-40-32-13-2-3-14-36(32)48-37/h2-3,8,10,12-14,24-27,29H,4-7,9,11,15-23H2,1H3. The summed E-state index contributed by atoms with van der Waals surface area (Å²) in [5.41, 5.74) is 3.42.